The molecule has 0 amide bonds. The summed E-state index contributed by atoms with van der Waals surface area (Å²) in [5.41, 5.74) is 1.34. The number of ether oxygens (including phenoxy) is 1. The third-order valence-corrected chi connectivity index (χ3v) is 2.49. The Bertz CT molecular complexity index is 362. The van der Waals surface area contributed by atoms with Crippen LogP contribution in [0.4, 0.5) is 8.78 Å². The molecule has 1 fully saturated rings. The van der Waals surface area contributed by atoms with Crippen LogP contribution in [0.2, 0.25) is 0 Å². The lowest BCUT2D eigenvalue weighted by molar-refractivity contribution is 0.356. The predicted molar refractivity (Wildman–Crippen MR) is 37.7 cm³/mol. The van der Waals surface area contributed by atoms with E-state index in [2.05, 4.69) is 0 Å². The zero-order valence-electron chi connectivity index (χ0n) is 6.18. The molecule has 0 bridgehead atoms. The number of halogens is 2. The molecule has 1 nitrogen and oxygen atoms in total. The van der Waals surface area contributed by atoms with E-state index in [1.807, 2.05) is 0 Å². The first-order valence-corrected chi connectivity index (χ1v) is 3.89. The standard InChI is InChI=1S/C9H6F2O/c10-4-1-6-5(7(11)2-4)3-8-9(6)12-8/h1-2,8-9H,3H2/t8-,9+/m0/s1. The molecule has 0 spiro atoms. The lowest BCUT2D eigenvalue weighted by Crippen LogP contribution is -1.95. The molecule has 3 rings (SSSR count). The van der Waals surface area contributed by atoms with Crippen LogP contribution in [0.1, 0.15) is 17.2 Å². The van der Waals surface area contributed by atoms with Crippen LogP contribution in [0.15, 0.2) is 12.1 Å². The Morgan fingerprint density at radius 2 is 2.17 bits per heavy atom. The van der Waals surface area contributed by atoms with Gasteiger partial charge < -0.3 is 4.74 Å². The molecule has 0 N–H and O–H groups in total. The Morgan fingerprint density at radius 3 is 3.00 bits per heavy atom. The van der Waals surface area contributed by atoms with Gasteiger partial charge in [0.25, 0.3) is 0 Å². The molecule has 0 saturated carbocycles. The topological polar surface area (TPSA) is 12.5 Å². The average Bonchev–Trinajstić information content (AvgIpc) is 2.68. The lowest BCUT2D eigenvalue weighted by Gasteiger charge is -2.02. The van der Waals surface area contributed by atoms with E-state index in [0.717, 1.165) is 6.07 Å². The number of rotatable bonds is 0. The Kier molecular flexibility index (Phi) is 1.01. The van der Waals surface area contributed by atoms with Crippen molar-refractivity contribution in [1.82, 2.24) is 0 Å². The van der Waals surface area contributed by atoms with E-state index in [-0.39, 0.29) is 12.2 Å². The van der Waals surface area contributed by atoms with E-state index in [1.54, 1.807) is 0 Å². The highest BCUT2D eigenvalue weighted by molar-refractivity contribution is 5.40. The van der Waals surface area contributed by atoms with Gasteiger partial charge in [0.2, 0.25) is 0 Å². The highest BCUT2D eigenvalue weighted by Gasteiger charge is 2.48. The Labute approximate surface area is 68.0 Å². The number of hydrogen-bond acceptors (Lipinski definition) is 1. The van der Waals surface area contributed by atoms with Crippen molar-refractivity contribution in [3.05, 3.63) is 34.9 Å². The largest absolute Gasteiger partial charge is 0.364 e. The van der Waals surface area contributed by atoms with Crippen molar-refractivity contribution in [2.75, 3.05) is 0 Å². The van der Waals surface area contributed by atoms with Crippen molar-refractivity contribution in [2.45, 2.75) is 18.6 Å². The van der Waals surface area contributed by atoms with E-state index in [1.165, 1.54) is 6.07 Å². The molecule has 0 radical (unpaired) electrons. The van der Waals surface area contributed by atoms with Crippen LogP contribution in [-0.4, -0.2) is 6.10 Å². The molecule has 1 aliphatic heterocycles. The Morgan fingerprint density at radius 1 is 1.33 bits per heavy atom. The van der Waals surface area contributed by atoms with Gasteiger partial charge in [-0.05, 0) is 17.2 Å². The van der Waals surface area contributed by atoms with Crippen LogP contribution in [0.3, 0.4) is 0 Å². The third-order valence-electron chi connectivity index (χ3n) is 2.49. The molecule has 2 aliphatic rings. The highest BCUT2D eigenvalue weighted by Crippen LogP contribution is 2.49. The van der Waals surface area contributed by atoms with E-state index in [4.69, 9.17) is 4.74 Å². The molecular formula is C9H6F2O. The number of epoxide rings is 1. The van der Waals surface area contributed by atoms with E-state index in [0.29, 0.717) is 17.5 Å². The molecule has 62 valence electrons. The highest BCUT2D eigenvalue weighted by atomic mass is 19.1. The van der Waals surface area contributed by atoms with E-state index >= 15 is 0 Å². The summed E-state index contributed by atoms with van der Waals surface area (Å²) in [6, 6.07) is 2.31. The maximum absolute atomic E-state index is 13.0. The number of benzene rings is 1. The van der Waals surface area contributed by atoms with Gasteiger partial charge in [0, 0.05) is 12.5 Å². The summed E-state index contributed by atoms with van der Waals surface area (Å²) < 4.78 is 30.9. The Balaban J connectivity index is 2.24. The molecular weight excluding hydrogens is 162 g/mol. The fourth-order valence-corrected chi connectivity index (χ4v) is 1.87. The molecule has 0 aromatic heterocycles. The van der Waals surface area contributed by atoms with Crippen molar-refractivity contribution in [3.8, 4) is 0 Å². The van der Waals surface area contributed by atoms with E-state index < -0.39 is 11.6 Å². The summed E-state index contributed by atoms with van der Waals surface area (Å²) in [6.07, 6.45) is 0.702. The molecule has 1 aromatic carbocycles. The zero-order chi connectivity index (χ0) is 8.29. The maximum atomic E-state index is 13.0. The Hall–Kier alpha value is -0.960. The molecule has 1 aliphatic carbocycles. The normalized spacial score (nSPS) is 29.8. The van der Waals surface area contributed by atoms with Gasteiger partial charge >= 0.3 is 0 Å². The minimum Gasteiger partial charge on any atom is -0.364 e. The minimum atomic E-state index is -0.512. The summed E-state index contributed by atoms with van der Waals surface area (Å²) in [5.74, 6) is -0.941. The number of fused-ring (bicyclic) bond motifs is 3. The second-order valence-corrected chi connectivity index (χ2v) is 3.25. The average molecular weight is 168 g/mol. The van der Waals surface area contributed by atoms with E-state index in [9.17, 15) is 8.78 Å². The molecule has 0 unspecified atom stereocenters. The molecule has 1 heterocycles. The zero-order valence-corrected chi connectivity index (χ0v) is 6.18. The summed E-state index contributed by atoms with van der Waals surface area (Å²) >= 11 is 0. The first kappa shape index (κ1) is 6.54. The van der Waals surface area contributed by atoms with Crippen LogP contribution >= 0.6 is 0 Å². The summed E-state index contributed by atoms with van der Waals surface area (Å²) in [7, 11) is 0. The SMILES string of the molecule is Fc1cc(F)c2c(c1)[C@H]1O[C@H]1C2. The third kappa shape index (κ3) is 0.693. The van der Waals surface area contributed by atoms with Gasteiger partial charge in [0.1, 0.15) is 17.7 Å². The van der Waals surface area contributed by atoms with Crippen LogP contribution < -0.4 is 0 Å². The monoisotopic (exact) mass is 168 g/mol. The van der Waals surface area contributed by atoms with Crippen LogP contribution in [0.25, 0.3) is 0 Å². The van der Waals surface area contributed by atoms with Gasteiger partial charge in [-0.25, -0.2) is 8.78 Å². The first-order chi connectivity index (χ1) is 5.75. The second-order valence-electron chi connectivity index (χ2n) is 3.25. The fourth-order valence-electron chi connectivity index (χ4n) is 1.87. The van der Waals surface area contributed by atoms with Gasteiger partial charge in [-0.15, -0.1) is 0 Å². The maximum Gasteiger partial charge on any atom is 0.129 e. The predicted octanol–water partition coefficient (Wildman–Crippen LogP) is 1.96. The van der Waals surface area contributed by atoms with Gasteiger partial charge in [0.05, 0.1) is 6.10 Å². The van der Waals surface area contributed by atoms with Crippen LogP contribution in [-0.2, 0) is 11.2 Å². The minimum absolute atomic E-state index is 0.0230. The van der Waals surface area contributed by atoms with Gasteiger partial charge in [-0.3, -0.25) is 0 Å². The lowest BCUT2D eigenvalue weighted by atomic mass is 10.1. The molecule has 1 aromatic rings. The second kappa shape index (κ2) is 1.85. The van der Waals surface area contributed by atoms with Crippen LogP contribution in [0, 0.1) is 11.6 Å². The fraction of sp³-hybridized carbons (Fsp3) is 0.333. The number of hydrogen-bond donors (Lipinski definition) is 0. The van der Waals surface area contributed by atoms with Gasteiger partial charge in [0.15, 0.2) is 0 Å². The molecule has 12 heavy (non-hydrogen) atoms. The summed E-state index contributed by atoms with van der Waals surface area (Å²) in [6.45, 7) is 0. The molecule has 3 heteroatoms. The van der Waals surface area contributed by atoms with Crippen molar-refractivity contribution in [2.24, 2.45) is 0 Å². The first-order valence-electron chi connectivity index (χ1n) is 3.89. The summed E-state index contributed by atoms with van der Waals surface area (Å²) in [4.78, 5) is 0. The smallest absolute Gasteiger partial charge is 0.129 e. The van der Waals surface area contributed by atoms with Crippen molar-refractivity contribution in [1.29, 1.82) is 0 Å². The van der Waals surface area contributed by atoms with Crippen LogP contribution in [0.5, 0.6) is 0 Å². The molecule has 1 saturated heterocycles. The van der Waals surface area contributed by atoms with Crippen molar-refractivity contribution in [3.63, 3.8) is 0 Å². The molecule has 2 atom stereocenters. The van der Waals surface area contributed by atoms with Crippen molar-refractivity contribution < 1.29 is 13.5 Å². The van der Waals surface area contributed by atoms with Gasteiger partial charge in [-0.1, -0.05) is 0 Å². The van der Waals surface area contributed by atoms with Gasteiger partial charge in [-0.2, -0.15) is 0 Å². The summed E-state index contributed by atoms with van der Waals surface area (Å²) in [5, 5.41) is 0. The quantitative estimate of drug-likeness (QED) is 0.539. The van der Waals surface area contributed by atoms with Crippen molar-refractivity contribution >= 4 is 0 Å².